The average Bonchev–Trinajstić information content (AvgIpc) is 2.70. The first kappa shape index (κ1) is 13.4. The summed E-state index contributed by atoms with van der Waals surface area (Å²) in [5.74, 6) is 0.369. The van der Waals surface area contributed by atoms with Crippen LogP contribution in [0, 0.1) is 0 Å². The van der Waals surface area contributed by atoms with Crippen molar-refractivity contribution in [3.63, 3.8) is 0 Å². The Labute approximate surface area is 103 Å². The Morgan fingerprint density at radius 2 is 2.50 bits per heavy atom. The SMILES string of the molecule is CCOC(=O)C(C)(N)CCSc1nncs1. The normalized spacial score (nSPS) is 14.4. The molecule has 1 unspecified atom stereocenters. The maximum atomic E-state index is 11.5. The minimum atomic E-state index is -0.923. The van der Waals surface area contributed by atoms with E-state index >= 15 is 0 Å². The van der Waals surface area contributed by atoms with Crippen molar-refractivity contribution in [2.45, 2.75) is 30.1 Å². The van der Waals surface area contributed by atoms with Gasteiger partial charge in [-0.2, -0.15) is 0 Å². The van der Waals surface area contributed by atoms with Crippen molar-refractivity contribution < 1.29 is 9.53 Å². The molecule has 1 rings (SSSR count). The van der Waals surface area contributed by atoms with E-state index in [1.165, 1.54) is 11.3 Å². The van der Waals surface area contributed by atoms with Crippen LogP contribution in [-0.2, 0) is 9.53 Å². The lowest BCUT2D eigenvalue weighted by molar-refractivity contribution is -0.149. The van der Waals surface area contributed by atoms with Crippen LogP contribution in [0.2, 0.25) is 0 Å². The topological polar surface area (TPSA) is 78.1 Å². The van der Waals surface area contributed by atoms with Crippen LogP contribution in [0.15, 0.2) is 9.85 Å². The molecule has 0 spiro atoms. The van der Waals surface area contributed by atoms with Crippen molar-refractivity contribution in [1.82, 2.24) is 10.2 Å². The summed E-state index contributed by atoms with van der Waals surface area (Å²) in [5.41, 5.74) is 6.62. The van der Waals surface area contributed by atoms with Gasteiger partial charge in [-0.15, -0.1) is 10.2 Å². The highest BCUT2D eigenvalue weighted by Gasteiger charge is 2.29. The van der Waals surface area contributed by atoms with Crippen LogP contribution in [0.25, 0.3) is 0 Å². The number of thioether (sulfide) groups is 1. The van der Waals surface area contributed by atoms with Crippen LogP contribution in [0.3, 0.4) is 0 Å². The second kappa shape index (κ2) is 6.17. The highest BCUT2D eigenvalue weighted by Crippen LogP contribution is 2.22. The smallest absolute Gasteiger partial charge is 0.325 e. The number of nitrogens with zero attached hydrogens (tertiary/aromatic N) is 2. The van der Waals surface area contributed by atoms with Crippen molar-refractivity contribution in [2.24, 2.45) is 5.73 Å². The summed E-state index contributed by atoms with van der Waals surface area (Å²) in [5, 5.41) is 7.62. The Hall–Kier alpha value is -0.660. The van der Waals surface area contributed by atoms with E-state index in [-0.39, 0.29) is 5.97 Å². The molecule has 0 bridgehead atoms. The number of nitrogens with two attached hydrogens (primary N) is 1. The molecule has 16 heavy (non-hydrogen) atoms. The van der Waals surface area contributed by atoms with E-state index in [0.29, 0.717) is 13.0 Å². The predicted octanol–water partition coefficient (Wildman–Crippen LogP) is 1.30. The number of carbonyl (C=O) groups is 1. The monoisotopic (exact) mass is 261 g/mol. The highest BCUT2D eigenvalue weighted by molar-refractivity contribution is 8.00. The minimum Gasteiger partial charge on any atom is -0.465 e. The molecule has 5 nitrogen and oxygen atoms in total. The van der Waals surface area contributed by atoms with Gasteiger partial charge in [-0.25, -0.2) is 0 Å². The zero-order valence-electron chi connectivity index (χ0n) is 9.30. The fourth-order valence-corrected chi connectivity index (χ4v) is 2.71. The average molecular weight is 261 g/mol. The molecule has 0 radical (unpaired) electrons. The fraction of sp³-hybridized carbons (Fsp3) is 0.667. The molecule has 1 atom stereocenters. The molecule has 1 aromatic heterocycles. The van der Waals surface area contributed by atoms with Gasteiger partial charge in [0.25, 0.3) is 0 Å². The van der Waals surface area contributed by atoms with Gasteiger partial charge >= 0.3 is 5.97 Å². The van der Waals surface area contributed by atoms with Gasteiger partial charge in [-0.1, -0.05) is 23.1 Å². The molecule has 0 saturated carbocycles. The Kier molecular flexibility index (Phi) is 5.17. The van der Waals surface area contributed by atoms with Crippen LogP contribution in [0.5, 0.6) is 0 Å². The van der Waals surface area contributed by atoms with Gasteiger partial charge < -0.3 is 10.5 Å². The van der Waals surface area contributed by atoms with Gasteiger partial charge in [0.15, 0.2) is 4.34 Å². The molecule has 1 aromatic rings. The first-order valence-electron chi connectivity index (χ1n) is 4.91. The summed E-state index contributed by atoms with van der Waals surface area (Å²) in [6.07, 6.45) is 0.552. The number of rotatable bonds is 6. The quantitative estimate of drug-likeness (QED) is 0.614. The highest BCUT2D eigenvalue weighted by atomic mass is 32.2. The van der Waals surface area contributed by atoms with Crippen molar-refractivity contribution in [3.05, 3.63) is 5.51 Å². The largest absolute Gasteiger partial charge is 0.465 e. The molecular weight excluding hydrogens is 246 g/mol. The van der Waals surface area contributed by atoms with E-state index in [2.05, 4.69) is 10.2 Å². The standard InChI is InChI=1S/C9H15N3O2S2/c1-3-14-7(13)9(2,10)4-5-15-8-12-11-6-16-8/h6H,3-5,10H2,1-2H3. The minimum absolute atomic E-state index is 0.354. The van der Waals surface area contributed by atoms with Crippen LogP contribution in [0.1, 0.15) is 20.3 Å². The van der Waals surface area contributed by atoms with Gasteiger partial charge in [0, 0.05) is 5.75 Å². The van der Waals surface area contributed by atoms with Crippen LogP contribution >= 0.6 is 23.1 Å². The van der Waals surface area contributed by atoms with Crippen molar-refractivity contribution in [2.75, 3.05) is 12.4 Å². The Morgan fingerprint density at radius 1 is 1.75 bits per heavy atom. The lowest BCUT2D eigenvalue weighted by Crippen LogP contribution is -2.46. The number of hydrogen-bond acceptors (Lipinski definition) is 7. The molecule has 7 heteroatoms. The third-order valence-corrected chi connectivity index (χ3v) is 3.79. The zero-order chi connectivity index (χ0) is 12.0. The summed E-state index contributed by atoms with van der Waals surface area (Å²) < 4.78 is 5.78. The fourth-order valence-electron chi connectivity index (χ4n) is 0.974. The number of esters is 1. The zero-order valence-corrected chi connectivity index (χ0v) is 10.9. The van der Waals surface area contributed by atoms with E-state index in [9.17, 15) is 4.79 Å². The molecule has 0 aliphatic heterocycles. The van der Waals surface area contributed by atoms with Gasteiger partial charge in [-0.05, 0) is 20.3 Å². The number of hydrogen-bond donors (Lipinski definition) is 1. The number of aromatic nitrogens is 2. The van der Waals surface area contributed by atoms with E-state index in [1.54, 1.807) is 31.1 Å². The lowest BCUT2D eigenvalue weighted by Gasteiger charge is -2.21. The van der Waals surface area contributed by atoms with Gasteiger partial charge in [0.2, 0.25) is 0 Å². The number of carbonyl (C=O) groups excluding carboxylic acids is 1. The third kappa shape index (κ3) is 4.07. The van der Waals surface area contributed by atoms with Crippen LogP contribution in [0.4, 0.5) is 0 Å². The summed E-state index contributed by atoms with van der Waals surface area (Å²) in [7, 11) is 0. The molecule has 2 N–H and O–H groups in total. The molecule has 0 aliphatic rings. The maximum Gasteiger partial charge on any atom is 0.325 e. The molecule has 0 fully saturated rings. The Balaban J connectivity index is 2.33. The molecule has 0 amide bonds. The molecule has 0 aromatic carbocycles. The lowest BCUT2D eigenvalue weighted by atomic mass is 10.0. The summed E-state index contributed by atoms with van der Waals surface area (Å²) >= 11 is 3.02. The molecule has 0 saturated heterocycles. The van der Waals surface area contributed by atoms with E-state index in [4.69, 9.17) is 10.5 Å². The predicted molar refractivity (Wildman–Crippen MR) is 64.5 cm³/mol. The summed E-state index contributed by atoms with van der Waals surface area (Å²) in [6.45, 7) is 3.81. The van der Waals surface area contributed by atoms with E-state index < -0.39 is 5.54 Å². The van der Waals surface area contributed by atoms with E-state index in [1.807, 2.05) is 0 Å². The Morgan fingerprint density at radius 3 is 3.06 bits per heavy atom. The van der Waals surface area contributed by atoms with Gasteiger partial charge in [0.1, 0.15) is 11.0 Å². The molecule has 0 aliphatic carbocycles. The first-order chi connectivity index (χ1) is 7.56. The van der Waals surface area contributed by atoms with Crippen LogP contribution in [-0.4, -0.2) is 34.1 Å². The summed E-state index contributed by atoms with van der Waals surface area (Å²) in [4.78, 5) is 11.5. The summed E-state index contributed by atoms with van der Waals surface area (Å²) in [6, 6.07) is 0. The van der Waals surface area contributed by atoms with Crippen molar-refractivity contribution in [1.29, 1.82) is 0 Å². The van der Waals surface area contributed by atoms with E-state index in [0.717, 1.165) is 10.1 Å². The second-order valence-corrected chi connectivity index (χ2v) is 5.62. The molecule has 90 valence electrons. The molecular formula is C9H15N3O2S2. The molecule has 1 heterocycles. The van der Waals surface area contributed by atoms with Crippen LogP contribution < -0.4 is 5.73 Å². The first-order valence-corrected chi connectivity index (χ1v) is 6.78. The van der Waals surface area contributed by atoms with Gasteiger partial charge in [0.05, 0.1) is 6.61 Å². The maximum absolute atomic E-state index is 11.5. The Bertz CT molecular complexity index is 328. The van der Waals surface area contributed by atoms with Crippen molar-refractivity contribution >= 4 is 29.1 Å². The number of ether oxygens (including phenoxy) is 1. The second-order valence-electron chi connectivity index (χ2n) is 3.44. The van der Waals surface area contributed by atoms with Crippen molar-refractivity contribution in [3.8, 4) is 0 Å². The van der Waals surface area contributed by atoms with Gasteiger partial charge in [-0.3, -0.25) is 4.79 Å². The third-order valence-electron chi connectivity index (χ3n) is 1.93.